The lowest BCUT2D eigenvalue weighted by atomic mass is 10.2. The van der Waals surface area contributed by atoms with E-state index in [0.717, 1.165) is 11.3 Å². The molecule has 0 saturated heterocycles. The average molecular weight is 290 g/mol. The van der Waals surface area contributed by atoms with Gasteiger partial charge in [0.15, 0.2) is 0 Å². The number of aryl methyl sites for hydroxylation is 1. The zero-order valence-electron chi connectivity index (χ0n) is 11.5. The first-order valence-electron chi connectivity index (χ1n) is 6.22. The van der Waals surface area contributed by atoms with Gasteiger partial charge in [-0.1, -0.05) is 29.8 Å². The van der Waals surface area contributed by atoms with Gasteiger partial charge in [0.2, 0.25) is 5.91 Å². The largest absolute Gasteiger partial charge is 0.336 e. The Morgan fingerprint density at radius 3 is 2.80 bits per heavy atom. The molecule has 0 unspecified atom stereocenters. The van der Waals surface area contributed by atoms with Gasteiger partial charge in [0, 0.05) is 31.4 Å². The number of rotatable bonds is 4. The summed E-state index contributed by atoms with van der Waals surface area (Å²) in [5.74, 6) is -0.0777. The fraction of sp³-hybridized carbons (Fsp3) is 0.200. The summed E-state index contributed by atoms with van der Waals surface area (Å²) in [5, 5.41) is 4.71. The molecule has 104 valence electrons. The first-order chi connectivity index (χ1) is 9.58. The second-order valence-corrected chi connectivity index (χ2v) is 4.90. The third kappa shape index (κ3) is 3.48. The molecular formula is C15H16ClN3O. The third-order valence-electron chi connectivity index (χ3n) is 3.01. The summed E-state index contributed by atoms with van der Waals surface area (Å²) in [6.45, 7) is 0.516. The molecule has 0 saturated carbocycles. The molecule has 4 nitrogen and oxygen atoms in total. The Hall–Kier alpha value is -2.07. The minimum absolute atomic E-state index is 0.0777. The van der Waals surface area contributed by atoms with Crippen LogP contribution >= 0.6 is 11.6 Å². The second kappa shape index (κ2) is 6.39. The summed E-state index contributed by atoms with van der Waals surface area (Å²) in [6, 6.07) is 9.30. The highest BCUT2D eigenvalue weighted by Gasteiger charge is 2.08. The van der Waals surface area contributed by atoms with Crippen molar-refractivity contribution in [3.05, 3.63) is 58.9 Å². The van der Waals surface area contributed by atoms with Crippen molar-refractivity contribution in [1.29, 1.82) is 0 Å². The van der Waals surface area contributed by atoms with E-state index in [0.29, 0.717) is 11.6 Å². The van der Waals surface area contributed by atoms with Crippen molar-refractivity contribution in [2.45, 2.75) is 6.54 Å². The quantitative estimate of drug-likeness (QED) is 0.812. The van der Waals surface area contributed by atoms with E-state index in [4.69, 9.17) is 11.6 Å². The number of benzene rings is 1. The zero-order chi connectivity index (χ0) is 14.5. The molecule has 20 heavy (non-hydrogen) atoms. The molecule has 0 aliphatic rings. The van der Waals surface area contributed by atoms with Gasteiger partial charge in [0.25, 0.3) is 0 Å². The molecule has 0 spiro atoms. The van der Waals surface area contributed by atoms with Gasteiger partial charge < -0.3 is 4.90 Å². The van der Waals surface area contributed by atoms with E-state index in [9.17, 15) is 4.79 Å². The number of hydrogen-bond acceptors (Lipinski definition) is 2. The molecule has 2 rings (SSSR count). The van der Waals surface area contributed by atoms with Crippen molar-refractivity contribution in [2.75, 3.05) is 7.05 Å². The lowest BCUT2D eigenvalue weighted by Gasteiger charge is -2.15. The predicted molar refractivity (Wildman–Crippen MR) is 80.2 cm³/mol. The van der Waals surface area contributed by atoms with Crippen LogP contribution in [0.25, 0.3) is 6.08 Å². The van der Waals surface area contributed by atoms with Crippen LogP contribution in [-0.4, -0.2) is 27.6 Å². The lowest BCUT2D eigenvalue weighted by Crippen LogP contribution is -2.25. The van der Waals surface area contributed by atoms with Crippen molar-refractivity contribution < 1.29 is 4.79 Å². The summed E-state index contributed by atoms with van der Waals surface area (Å²) in [7, 11) is 3.61. The molecule has 1 aromatic carbocycles. The van der Waals surface area contributed by atoms with E-state index in [1.54, 1.807) is 35.0 Å². The fourth-order valence-corrected chi connectivity index (χ4v) is 1.97. The number of hydrogen-bond donors (Lipinski definition) is 0. The molecule has 1 heterocycles. The average Bonchev–Trinajstić information content (AvgIpc) is 2.83. The van der Waals surface area contributed by atoms with Crippen LogP contribution in [0.5, 0.6) is 0 Å². The number of likely N-dealkylation sites (N-methyl/N-ethyl adjacent to an activating group) is 1. The van der Waals surface area contributed by atoms with Crippen molar-refractivity contribution in [3.63, 3.8) is 0 Å². The SMILES string of the molecule is CN(Cc1ccnn1C)C(=O)/C=C/c1ccccc1Cl. The maximum Gasteiger partial charge on any atom is 0.246 e. The monoisotopic (exact) mass is 289 g/mol. The summed E-state index contributed by atoms with van der Waals surface area (Å²) in [6.07, 6.45) is 4.97. The maximum absolute atomic E-state index is 12.0. The molecule has 5 heteroatoms. The topological polar surface area (TPSA) is 38.1 Å². The molecule has 0 N–H and O–H groups in total. The van der Waals surface area contributed by atoms with Crippen LogP contribution in [-0.2, 0) is 18.4 Å². The van der Waals surface area contributed by atoms with Gasteiger partial charge in [-0.15, -0.1) is 0 Å². The molecule has 2 aromatic rings. The molecule has 0 bridgehead atoms. The number of aromatic nitrogens is 2. The van der Waals surface area contributed by atoms with E-state index in [2.05, 4.69) is 5.10 Å². The number of nitrogens with zero attached hydrogens (tertiary/aromatic N) is 3. The van der Waals surface area contributed by atoms with Gasteiger partial charge in [-0.2, -0.15) is 5.10 Å². The summed E-state index contributed by atoms with van der Waals surface area (Å²) in [4.78, 5) is 13.7. The van der Waals surface area contributed by atoms with E-state index < -0.39 is 0 Å². The molecule has 0 radical (unpaired) electrons. The van der Waals surface area contributed by atoms with Gasteiger partial charge in [0.05, 0.1) is 12.2 Å². The van der Waals surface area contributed by atoms with Crippen LogP contribution in [0.3, 0.4) is 0 Å². The number of carbonyl (C=O) groups excluding carboxylic acids is 1. The Kier molecular flexibility index (Phi) is 4.58. The maximum atomic E-state index is 12.0. The zero-order valence-corrected chi connectivity index (χ0v) is 12.2. The van der Waals surface area contributed by atoms with Gasteiger partial charge in [-0.25, -0.2) is 0 Å². The van der Waals surface area contributed by atoms with Gasteiger partial charge in [-0.05, 0) is 23.8 Å². The van der Waals surface area contributed by atoms with Crippen LogP contribution < -0.4 is 0 Å². The Morgan fingerprint density at radius 2 is 2.15 bits per heavy atom. The van der Waals surface area contributed by atoms with Gasteiger partial charge >= 0.3 is 0 Å². The minimum atomic E-state index is -0.0777. The molecule has 1 amide bonds. The summed E-state index contributed by atoms with van der Waals surface area (Å²) >= 11 is 6.04. The lowest BCUT2D eigenvalue weighted by molar-refractivity contribution is -0.125. The first kappa shape index (κ1) is 14.3. The normalized spacial score (nSPS) is 10.9. The van der Waals surface area contributed by atoms with E-state index in [1.165, 1.54) is 6.08 Å². The second-order valence-electron chi connectivity index (χ2n) is 4.50. The molecule has 0 aliphatic carbocycles. The van der Waals surface area contributed by atoms with Crippen LogP contribution in [0.15, 0.2) is 42.6 Å². The van der Waals surface area contributed by atoms with Crippen LogP contribution in [0, 0.1) is 0 Å². The van der Waals surface area contributed by atoms with Crippen molar-refractivity contribution in [2.24, 2.45) is 7.05 Å². The molecule has 0 aliphatic heterocycles. The highest BCUT2D eigenvalue weighted by molar-refractivity contribution is 6.32. The van der Waals surface area contributed by atoms with Gasteiger partial charge in [0.1, 0.15) is 0 Å². The number of amides is 1. The molecule has 1 aromatic heterocycles. The number of halogens is 1. The summed E-state index contributed by atoms with van der Waals surface area (Å²) < 4.78 is 1.75. The van der Waals surface area contributed by atoms with Crippen LogP contribution in [0.4, 0.5) is 0 Å². The fourth-order valence-electron chi connectivity index (χ4n) is 1.78. The highest BCUT2D eigenvalue weighted by atomic mass is 35.5. The Balaban J connectivity index is 2.01. The number of carbonyl (C=O) groups is 1. The van der Waals surface area contributed by atoms with Crippen LogP contribution in [0.1, 0.15) is 11.3 Å². The smallest absolute Gasteiger partial charge is 0.246 e. The Morgan fingerprint density at radius 1 is 1.40 bits per heavy atom. The molecule has 0 atom stereocenters. The van der Waals surface area contributed by atoms with E-state index >= 15 is 0 Å². The molecular weight excluding hydrogens is 274 g/mol. The summed E-state index contributed by atoms with van der Waals surface area (Å²) in [5.41, 5.74) is 1.81. The third-order valence-corrected chi connectivity index (χ3v) is 3.35. The van der Waals surface area contributed by atoms with Crippen LogP contribution in [0.2, 0.25) is 5.02 Å². The Labute approximate surface area is 123 Å². The van der Waals surface area contributed by atoms with Crippen molar-refractivity contribution in [3.8, 4) is 0 Å². The highest BCUT2D eigenvalue weighted by Crippen LogP contribution is 2.16. The predicted octanol–water partition coefficient (Wildman–Crippen LogP) is 2.75. The standard InChI is InChI=1S/C15H16ClN3O/c1-18(11-13-9-10-17-19(13)2)15(20)8-7-12-5-3-4-6-14(12)16/h3-10H,11H2,1-2H3/b8-7+. The minimum Gasteiger partial charge on any atom is -0.336 e. The van der Waals surface area contributed by atoms with E-state index in [1.807, 2.05) is 31.3 Å². The molecule has 0 fully saturated rings. The van der Waals surface area contributed by atoms with Crippen molar-refractivity contribution >= 4 is 23.6 Å². The van der Waals surface area contributed by atoms with Gasteiger partial charge in [-0.3, -0.25) is 9.48 Å². The Bertz CT molecular complexity index is 634. The first-order valence-corrected chi connectivity index (χ1v) is 6.60. The van der Waals surface area contributed by atoms with E-state index in [-0.39, 0.29) is 5.91 Å². The van der Waals surface area contributed by atoms with Crippen molar-refractivity contribution in [1.82, 2.24) is 14.7 Å².